The van der Waals surface area contributed by atoms with Crippen LogP contribution in [0.3, 0.4) is 0 Å². The van der Waals surface area contributed by atoms with Crippen LogP contribution in [0, 0.1) is 0 Å². The van der Waals surface area contributed by atoms with E-state index in [1.165, 1.54) is 29.9 Å². The molecule has 0 radical (unpaired) electrons. The molecule has 2 aromatic heterocycles. The molecule has 0 aliphatic heterocycles. The molecule has 0 fully saturated rings. The van der Waals surface area contributed by atoms with Gasteiger partial charge in [-0.05, 0) is 12.1 Å². The van der Waals surface area contributed by atoms with E-state index in [1.54, 1.807) is 36.4 Å². The fraction of sp³-hybridized carbons (Fsp3) is 0.0952. The van der Waals surface area contributed by atoms with Crippen molar-refractivity contribution < 1.29 is 23.1 Å². The Morgan fingerprint density at radius 1 is 1.03 bits per heavy atom. The highest BCUT2D eigenvalue weighted by Crippen LogP contribution is 2.41. The molecule has 8 heteroatoms. The number of carboxylic acids is 1. The van der Waals surface area contributed by atoms with Crippen molar-refractivity contribution in [2.45, 2.75) is 6.18 Å². The molecule has 0 aliphatic carbocycles. The van der Waals surface area contributed by atoms with E-state index < -0.39 is 17.7 Å². The van der Waals surface area contributed by atoms with Gasteiger partial charge in [-0.1, -0.05) is 48.5 Å². The Kier molecular flexibility index (Phi) is 4.34. The summed E-state index contributed by atoms with van der Waals surface area (Å²) in [6.07, 6.45) is -4.68. The number of aromatic carboxylic acids is 1. The fourth-order valence-corrected chi connectivity index (χ4v) is 3.30. The highest BCUT2D eigenvalue weighted by atomic mass is 19.4. The first-order valence-corrected chi connectivity index (χ1v) is 8.60. The number of pyridine rings is 1. The lowest BCUT2D eigenvalue weighted by Gasteiger charge is -2.13. The van der Waals surface area contributed by atoms with Gasteiger partial charge >= 0.3 is 12.1 Å². The van der Waals surface area contributed by atoms with E-state index in [9.17, 15) is 23.1 Å². The normalized spacial score (nSPS) is 11.7. The molecule has 5 nitrogen and oxygen atoms in total. The summed E-state index contributed by atoms with van der Waals surface area (Å²) in [5.41, 5.74) is -0.290. The Labute approximate surface area is 163 Å². The Balaban J connectivity index is 2.08. The number of hydrogen-bond donors (Lipinski definition) is 1. The molecule has 2 heterocycles. The number of alkyl halides is 3. The quantitative estimate of drug-likeness (QED) is 0.527. The van der Waals surface area contributed by atoms with Gasteiger partial charge in [-0.25, -0.2) is 14.5 Å². The van der Waals surface area contributed by atoms with Crippen LogP contribution in [0.4, 0.5) is 13.2 Å². The summed E-state index contributed by atoms with van der Waals surface area (Å²) in [5.74, 6) is -1.24. The first kappa shape index (κ1) is 18.7. The van der Waals surface area contributed by atoms with Crippen molar-refractivity contribution in [3.05, 3.63) is 71.8 Å². The van der Waals surface area contributed by atoms with Crippen molar-refractivity contribution in [2.75, 3.05) is 0 Å². The topological polar surface area (TPSA) is 68.0 Å². The maximum Gasteiger partial charge on any atom is 0.417 e. The molecular weight excluding hydrogens is 383 g/mol. The van der Waals surface area contributed by atoms with Crippen LogP contribution in [0.25, 0.3) is 33.5 Å². The second kappa shape index (κ2) is 6.73. The molecule has 146 valence electrons. The molecule has 0 amide bonds. The van der Waals surface area contributed by atoms with Crippen molar-refractivity contribution in [3.63, 3.8) is 0 Å². The standard InChI is InChI=1S/C21H14F3N3O2/c1-27-19-17(18(26-27)12-7-3-2-4-8-12)15(21(22,23)24)11-16(25-19)13-9-5-6-10-14(13)20(28)29/h2-11H,1H3,(H,28,29). The van der Waals surface area contributed by atoms with Crippen molar-refractivity contribution in [1.82, 2.24) is 14.8 Å². The van der Waals surface area contributed by atoms with Gasteiger partial charge in [0.2, 0.25) is 0 Å². The van der Waals surface area contributed by atoms with Gasteiger partial charge in [0.1, 0.15) is 5.69 Å². The average Bonchev–Trinajstić information content (AvgIpc) is 3.04. The number of nitrogens with zero attached hydrogens (tertiary/aromatic N) is 3. The Bertz CT molecular complexity index is 1230. The van der Waals surface area contributed by atoms with Crippen molar-refractivity contribution in [2.24, 2.45) is 7.05 Å². The predicted octanol–water partition coefficient (Wildman–Crippen LogP) is 5.02. The number of aryl methyl sites for hydroxylation is 1. The van der Waals surface area contributed by atoms with E-state index in [-0.39, 0.29) is 33.5 Å². The summed E-state index contributed by atoms with van der Waals surface area (Å²) in [6.45, 7) is 0. The molecule has 1 N–H and O–H groups in total. The minimum absolute atomic E-state index is 0.0221. The molecule has 0 spiro atoms. The van der Waals surface area contributed by atoms with Crippen LogP contribution in [0.2, 0.25) is 0 Å². The van der Waals surface area contributed by atoms with E-state index in [1.807, 2.05) is 0 Å². The van der Waals surface area contributed by atoms with Crippen molar-refractivity contribution >= 4 is 17.0 Å². The van der Waals surface area contributed by atoms with Gasteiger partial charge in [0.05, 0.1) is 22.2 Å². The Hall–Kier alpha value is -3.68. The molecule has 0 aliphatic rings. The molecule has 0 atom stereocenters. The number of aromatic nitrogens is 3. The fourth-order valence-electron chi connectivity index (χ4n) is 3.30. The predicted molar refractivity (Wildman–Crippen MR) is 101 cm³/mol. The van der Waals surface area contributed by atoms with Crippen LogP contribution in [-0.4, -0.2) is 25.8 Å². The number of carboxylic acid groups (broad SMARTS) is 1. The summed E-state index contributed by atoms with van der Waals surface area (Å²) in [5, 5.41) is 13.6. The van der Waals surface area contributed by atoms with Gasteiger partial charge < -0.3 is 5.11 Å². The van der Waals surface area contributed by atoms with Crippen LogP contribution < -0.4 is 0 Å². The molecule has 4 rings (SSSR count). The van der Waals surface area contributed by atoms with E-state index in [0.717, 1.165) is 6.07 Å². The molecule has 0 bridgehead atoms. The summed E-state index contributed by atoms with van der Waals surface area (Å²) in [4.78, 5) is 15.9. The molecular formula is C21H14F3N3O2. The maximum atomic E-state index is 14.0. The SMILES string of the molecule is Cn1nc(-c2ccccc2)c2c(C(F)(F)F)cc(-c3ccccc3C(=O)O)nc21. The molecule has 2 aromatic carbocycles. The number of hydrogen-bond acceptors (Lipinski definition) is 3. The van der Waals surface area contributed by atoms with Gasteiger partial charge in [0.15, 0.2) is 5.65 Å². The second-order valence-electron chi connectivity index (χ2n) is 6.44. The Morgan fingerprint density at radius 2 is 1.69 bits per heavy atom. The molecule has 0 saturated carbocycles. The lowest BCUT2D eigenvalue weighted by Crippen LogP contribution is -2.08. The maximum absolute atomic E-state index is 14.0. The third-order valence-electron chi connectivity index (χ3n) is 4.58. The van der Waals surface area contributed by atoms with Crippen LogP contribution in [0.15, 0.2) is 60.7 Å². The highest BCUT2D eigenvalue weighted by molar-refractivity contribution is 5.99. The van der Waals surface area contributed by atoms with Crippen LogP contribution in [0.1, 0.15) is 15.9 Å². The minimum Gasteiger partial charge on any atom is -0.478 e. The molecule has 29 heavy (non-hydrogen) atoms. The summed E-state index contributed by atoms with van der Waals surface area (Å²) >= 11 is 0. The molecule has 0 unspecified atom stereocenters. The monoisotopic (exact) mass is 397 g/mol. The largest absolute Gasteiger partial charge is 0.478 e. The van der Waals surface area contributed by atoms with Crippen molar-refractivity contribution in [3.8, 4) is 22.5 Å². The Morgan fingerprint density at radius 3 is 2.34 bits per heavy atom. The highest BCUT2D eigenvalue weighted by Gasteiger charge is 2.36. The zero-order valence-corrected chi connectivity index (χ0v) is 15.1. The number of carbonyl (C=O) groups is 1. The molecule has 0 saturated heterocycles. The smallest absolute Gasteiger partial charge is 0.417 e. The van der Waals surface area contributed by atoms with Gasteiger partial charge in [-0.2, -0.15) is 18.3 Å². The molecule has 4 aromatic rings. The minimum atomic E-state index is -4.68. The van der Waals surface area contributed by atoms with E-state index in [0.29, 0.717) is 5.56 Å². The number of halogens is 3. The zero-order chi connectivity index (χ0) is 20.8. The van der Waals surface area contributed by atoms with Crippen LogP contribution in [-0.2, 0) is 13.2 Å². The van der Waals surface area contributed by atoms with Gasteiger partial charge in [0.25, 0.3) is 0 Å². The summed E-state index contributed by atoms with van der Waals surface area (Å²) in [7, 11) is 1.51. The summed E-state index contributed by atoms with van der Waals surface area (Å²) in [6, 6.07) is 15.3. The second-order valence-corrected chi connectivity index (χ2v) is 6.44. The van der Waals surface area contributed by atoms with E-state index in [4.69, 9.17) is 0 Å². The van der Waals surface area contributed by atoms with Crippen molar-refractivity contribution in [1.29, 1.82) is 0 Å². The first-order chi connectivity index (χ1) is 13.8. The van der Waals surface area contributed by atoms with E-state index in [2.05, 4.69) is 10.1 Å². The lowest BCUT2D eigenvalue weighted by molar-refractivity contribution is -0.136. The van der Waals surface area contributed by atoms with Gasteiger partial charge in [-0.3, -0.25) is 0 Å². The third kappa shape index (κ3) is 3.22. The number of benzene rings is 2. The average molecular weight is 397 g/mol. The summed E-state index contributed by atoms with van der Waals surface area (Å²) < 4.78 is 43.3. The van der Waals surface area contributed by atoms with Crippen LogP contribution >= 0.6 is 0 Å². The zero-order valence-electron chi connectivity index (χ0n) is 15.1. The van der Waals surface area contributed by atoms with Crippen LogP contribution in [0.5, 0.6) is 0 Å². The first-order valence-electron chi connectivity index (χ1n) is 8.60. The van der Waals surface area contributed by atoms with E-state index >= 15 is 0 Å². The number of fused-ring (bicyclic) bond motifs is 1. The number of rotatable bonds is 3. The van der Waals surface area contributed by atoms with Gasteiger partial charge in [0, 0.05) is 18.2 Å². The van der Waals surface area contributed by atoms with Gasteiger partial charge in [-0.15, -0.1) is 0 Å². The lowest BCUT2D eigenvalue weighted by atomic mass is 9.99. The third-order valence-corrected chi connectivity index (χ3v) is 4.58.